The van der Waals surface area contributed by atoms with Crippen molar-refractivity contribution in [2.45, 2.75) is 26.7 Å². The topological polar surface area (TPSA) is 63.1 Å². The molecule has 1 aromatic carbocycles. The van der Waals surface area contributed by atoms with E-state index in [4.69, 9.17) is 5.11 Å². The quantitative estimate of drug-likeness (QED) is 0.911. The van der Waals surface area contributed by atoms with Gasteiger partial charge in [-0.1, -0.05) is 0 Å². The number of aliphatic carboxylic acids is 1. The molecule has 1 atom stereocenters. The Morgan fingerprint density at radius 1 is 1.29 bits per heavy atom. The van der Waals surface area contributed by atoms with E-state index in [0.717, 1.165) is 0 Å². The van der Waals surface area contributed by atoms with Crippen LogP contribution >= 0.6 is 15.9 Å². The van der Waals surface area contributed by atoms with Crippen LogP contribution in [0.25, 0.3) is 11.4 Å². The van der Waals surface area contributed by atoms with E-state index in [0.29, 0.717) is 32.8 Å². The summed E-state index contributed by atoms with van der Waals surface area (Å²) >= 11 is 3.13. The van der Waals surface area contributed by atoms with Crippen LogP contribution in [0.15, 0.2) is 22.7 Å². The minimum absolute atomic E-state index is 0.335. The average Bonchev–Trinajstić information content (AvgIpc) is 2.40. The predicted octanol–water partition coefficient (Wildman–Crippen LogP) is 3.85. The zero-order valence-electron chi connectivity index (χ0n) is 11.8. The molecule has 1 heterocycles. The highest BCUT2D eigenvalue weighted by Gasteiger charge is 2.21. The Balaban J connectivity index is 2.53. The van der Waals surface area contributed by atoms with Crippen LogP contribution in [-0.2, 0) is 4.79 Å². The van der Waals surface area contributed by atoms with Gasteiger partial charge in [0.15, 0.2) is 5.82 Å². The van der Waals surface area contributed by atoms with E-state index in [2.05, 4.69) is 25.9 Å². The molecule has 0 radical (unpaired) electrons. The lowest BCUT2D eigenvalue weighted by Crippen LogP contribution is -2.13. The van der Waals surface area contributed by atoms with E-state index in [1.807, 2.05) is 0 Å². The Hall–Kier alpha value is -1.82. The summed E-state index contributed by atoms with van der Waals surface area (Å²) in [6, 6.07) is 4.53. The first kappa shape index (κ1) is 15.6. The average molecular weight is 353 g/mol. The van der Waals surface area contributed by atoms with Crippen molar-refractivity contribution in [2.24, 2.45) is 0 Å². The minimum atomic E-state index is -0.915. The molecule has 0 aliphatic heterocycles. The fourth-order valence-corrected chi connectivity index (χ4v) is 2.62. The first-order valence-electron chi connectivity index (χ1n) is 6.34. The van der Waals surface area contributed by atoms with Gasteiger partial charge in [-0.25, -0.2) is 14.4 Å². The van der Waals surface area contributed by atoms with Crippen LogP contribution in [0, 0.1) is 19.7 Å². The number of halogens is 2. The summed E-state index contributed by atoms with van der Waals surface area (Å²) in [7, 11) is 0. The van der Waals surface area contributed by atoms with Crippen LogP contribution in [0.2, 0.25) is 0 Å². The molecule has 1 N–H and O–H groups in total. The van der Waals surface area contributed by atoms with Crippen molar-refractivity contribution < 1.29 is 14.3 Å². The number of benzene rings is 1. The first-order chi connectivity index (χ1) is 9.81. The number of hydrogen-bond acceptors (Lipinski definition) is 3. The van der Waals surface area contributed by atoms with Gasteiger partial charge < -0.3 is 5.11 Å². The van der Waals surface area contributed by atoms with Gasteiger partial charge in [0.25, 0.3) is 0 Å². The van der Waals surface area contributed by atoms with Crippen LogP contribution in [0.3, 0.4) is 0 Å². The van der Waals surface area contributed by atoms with Gasteiger partial charge in [0.2, 0.25) is 0 Å². The lowest BCUT2D eigenvalue weighted by Gasteiger charge is -2.14. The van der Waals surface area contributed by atoms with Crippen LogP contribution in [0.4, 0.5) is 4.39 Å². The Morgan fingerprint density at radius 3 is 2.33 bits per heavy atom. The summed E-state index contributed by atoms with van der Waals surface area (Å²) in [5, 5.41) is 9.13. The van der Waals surface area contributed by atoms with Crippen LogP contribution in [0.5, 0.6) is 0 Å². The summed E-state index contributed by atoms with van der Waals surface area (Å²) in [6.45, 7) is 5.12. The highest BCUT2D eigenvalue weighted by atomic mass is 79.9. The maximum Gasteiger partial charge on any atom is 0.310 e. The molecule has 0 amide bonds. The zero-order chi connectivity index (χ0) is 15.7. The molecular weight excluding hydrogens is 339 g/mol. The smallest absolute Gasteiger partial charge is 0.310 e. The second-order valence-corrected chi connectivity index (χ2v) is 5.67. The van der Waals surface area contributed by atoms with Gasteiger partial charge in [-0.15, -0.1) is 0 Å². The van der Waals surface area contributed by atoms with Gasteiger partial charge >= 0.3 is 5.97 Å². The summed E-state index contributed by atoms with van der Waals surface area (Å²) in [6.07, 6.45) is 0. The van der Waals surface area contributed by atoms with E-state index in [1.165, 1.54) is 6.07 Å². The molecule has 0 aliphatic rings. The van der Waals surface area contributed by atoms with E-state index in [-0.39, 0.29) is 5.82 Å². The monoisotopic (exact) mass is 352 g/mol. The summed E-state index contributed by atoms with van der Waals surface area (Å²) < 4.78 is 13.6. The van der Waals surface area contributed by atoms with E-state index >= 15 is 0 Å². The van der Waals surface area contributed by atoms with Crippen molar-refractivity contribution >= 4 is 21.9 Å². The molecule has 0 spiro atoms. The molecule has 0 saturated carbocycles. The molecule has 0 saturated heterocycles. The first-order valence-corrected chi connectivity index (χ1v) is 7.14. The fraction of sp³-hybridized carbons (Fsp3) is 0.267. The van der Waals surface area contributed by atoms with Gasteiger partial charge in [-0.05, 0) is 54.9 Å². The van der Waals surface area contributed by atoms with Gasteiger partial charge in [-0.2, -0.15) is 0 Å². The highest BCUT2D eigenvalue weighted by Crippen LogP contribution is 2.27. The van der Waals surface area contributed by atoms with Gasteiger partial charge in [0.1, 0.15) is 5.82 Å². The highest BCUT2D eigenvalue weighted by molar-refractivity contribution is 9.10. The molecular formula is C15H14BrFN2O2. The molecule has 110 valence electrons. The van der Waals surface area contributed by atoms with Crippen molar-refractivity contribution in [3.63, 3.8) is 0 Å². The van der Waals surface area contributed by atoms with Crippen molar-refractivity contribution in [1.29, 1.82) is 0 Å². The summed E-state index contributed by atoms with van der Waals surface area (Å²) in [5.74, 6) is -1.49. The standard InChI is InChI=1S/C15H14BrFN2O2/c1-7(15(20)21)13-8(2)18-14(19-9(13)3)10-4-5-12(17)11(16)6-10/h4-7H,1-3H3,(H,20,21). The maximum absolute atomic E-state index is 13.3. The minimum Gasteiger partial charge on any atom is -0.481 e. The second kappa shape index (κ2) is 5.89. The maximum atomic E-state index is 13.3. The number of carboxylic acid groups (broad SMARTS) is 1. The third-order valence-corrected chi connectivity index (χ3v) is 3.92. The Morgan fingerprint density at radius 2 is 1.86 bits per heavy atom. The summed E-state index contributed by atoms with van der Waals surface area (Å²) in [5.41, 5.74) is 2.53. The molecule has 1 aromatic heterocycles. The number of nitrogens with zero attached hydrogens (tertiary/aromatic N) is 2. The molecule has 1 unspecified atom stereocenters. The molecule has 0 aliphatic carbocycles. The third kappa shape index (κ3) is 3.10. The Labute approximate surface area is 130 Å². The molecule has 4 nitrogen and oxygen atoms in total. The number of hydrogen-bond donors (Lipinski definition) is 1. The molecule has 2 aromatic rings. The van der Waals surface area contributed by atoms with E-state index in [9.17, 15) is 9.18 Å². The number of rotatable bonds is 3. The van der Waals surface area contributed by atoms with Gasteiger partial charge in [-0.3, -0.25) is 4.79 Å². The number of aryl methyl sites for hydroxylation is 2. The fourth-order valence-electron chi connectivity index (χ4n) is 2.24. The van der Waals surface area contributed by atoms with Crippen molar-refractivity contribution in [2.75, 3.05) is 0 Å². The van der Waals surface area contributed by atoms with Crippen LogP contribution in [-0.4, -0.2) is 21.0 Å². The largest absolute Gasteiger partial charge is 0.481 e. The predicted molar refractivity (Wildman–Crippen MR) is 80.7 cm³/mol. The van der Waals surface area contributed by atoms with Gasteiger partial charge in [0, 0.05) is 22.5 Å². The molecule has 0 fully saturated rings. The number of carboxylic acids is 1. The molecule has 2 rings (SSSR count). The van der Waals surface area contributed by atoms with Crippen LogP contribution in [0.1, 0.15) is 29.8 Å². The molecule has 21 heavy (non-hydrogen) atoms. The Bertz CT molecular complexity index is 696. The molecule has 0 bridgehead atoms. The van der Waals surface area contributed by atoms with Crippen molar-refractivity contribution in [3.05, 3.63) is 45.4 Å². The third-order valence-electron chi connectivity index (χ3n) is 3.31. The zero-order valence-corrected chi connectivity index (χ0v) is 13.4. The molecule has 6 heteroatoms. The normalized spacial score (nSPS) is 12.2. The lowest BCUT2D eigenvalue weighted by atomic mass is 9.98. The van der Waals surface area contributed by atoms with E-state index < -0.39 is 11.9 Å². The summed E-state index contributed by atoms with van der Waals surface area (Å²) in [4.78, 5) is 19.9. The van der Waals surface area contributed by atoms with Crippen LogP contribution < -0.4 is 0 Å². The Kier molecular flexibility index (Phi) is 4.37. The second-order valence-electron chi connectivity index (χ2n) is 4.82. The number of aromatic nitrogens is 2. The SMILES string of the molecule is Cc1nc(-c2ccc(F)c(Br)c2)nc(C)c1C(C)C(=O)O. The van der Waals surface area contributed by atoms with Crippen molar-refractivity contribution in [1.82, 2.24) is 9.97 Å². The van der Waals surface area contributed by atoms with Gasteiger partial charge in [0.05, 0.1) is 10.4 Å². The van der Waals surface area contributed by atoms with E-state index in [1.54, 1.807) is 32.9 Å². The van der Waals surface area contributed by atoms with Crippen molar-refractivity contribution in [3.8, 4) is 11.4 Å². The lowest BCUT2D eigenvalue weighted by molar-refractivity contribution is -0.138. The number of carbonyl (C=O) groups is 1.